The summed E-state index contributed by atoms with van der Waals surface area (Å²) in [6.07, 6.45) is 16.9. The molecule has 120 valence electrons. The van der Waals surface area contributed by atoms with Crippen LogP contribution in [0.3, 0.4) is 0 Å². The predicted octanol–water partition coefficient (Wildman–Crippen LogP) is 5.79. The highest BCUT2D eigenvalue weighted by molar-refractivity contribution is 5.17. The fourth-order valence-corrected chi connectivity index (χ4v) is 2.82. The minimum atomic E-state index is 0.630. The normalized spacial score (nSPS) is 21.1. The molecule has 0 aliphatic heterocycles. The molecular formula is C20H35N. The van der Waals surface area contributed by atoms with E-state index in [1.54, 1.807) is 5.57 Å². The summed E-state index contributed by atoms with van der Waals surface area (Å²) in [6, 6.07) is 0.630. The summed E-state index contributed by atoms with van der Waals surface area (Å²) in [5.41, 5.74) is 2.93. The summed E-state index contributed by atoms with van der Waals surface area (Å²) < 4.78 is 0. The molecule has 0 aromatic rings. The summed E-state index contributed by atoms with van der Waals surface area (Å²) in [7, 11) is 0. The highest BCUT2D eigenvalue weighted by Crippen LogP contribution is 2.26. The third kappa shape index (κ3) is 8.93. The second-order valence-corrected chi connectivity index (χ2v) is 6.72. The average molecular weight is 290 g/mol. The van der Waals surface area contributed by atoms with Gasteiger partial charge in [-0.2, -0.15) is 0 Å². The minimum absolute atomic E-state index is 0.630. The Morgan fingerprint density at radius 1 is 1.52 bits per heavy atom. The first-order chi connectivity index (χ1) is 10.1. The molecule has 2 atom stereocenters. The molecule has 0 spiro atoms. The van der Waals surface area contributed by atoms with Crippen LogP contribution < -0.4 is 5.32 Å². The van der Waals surface area contributed by atoms with E-state index in [-0.39, 0.29) is 0 Å². The van der Waals surface area contributed by atoms with Gasteiger partial charge in [-0.1, -0.05) is 56.2 Å². The topological polar surface area (TPSA) is 12.0 Å². The third-order valence-corrected chi connectivity index (χ3v) is 4.48. The van der Waals surface area contributed by atoms with Gasteiger partial charge in [-0.3, -0.25) is 0 Å². The van der Waals surface area contributed by atoms with Crippen LogP contribution in [0.1, 0.15) is 72.1 Å². The van der Waals surface area contributed by atoms with Crippen LogP contribution in [0, 0.1) is 5.92 Å². The second-order valence-electron chi connectivity index (χ2n) is 6.72. The SMILES string of the molecule is C=C(/C=C/CCN[C@H](C)CC)CCC1=CCCC[C@@H](C)C1. The lowest BCUT2D eigenvalue weighted by molar-refractivity contribution is 0.518. The molecule has 1 N–H and O–H groups in total. The Morgan fingerprint density at radius 2 is 2.33 bits per heavy atom. The van der Waals surface area contributed by atoms with Gasteiger partial charge in [0.1, 0.15) is 0 Å². The second kappa shape index (κ2) is 10.8. The summed E-state index contributed by atoms with van der Waals surface area (Å²) in [6.45, 7) is 12.1. The molecule has 1 aliphatic carbocycles. The van der Waals surface area contributed by atoms with E-state index in [0.29, 0.717) is 6.04 Å². The number of hydrogen-bond acceptors (Lipinski definition) is 1. The number of nitrogens with one attached hydrogen (secondary N) is 1. The molecule has 0 unspecified atom stereocenters. The van der Waals surface area contributed by atoms with Gasteiger partial charge in [0.25, 0.3) is 0 Å². The van der Waals surface area contributed by atoms with Gasteiger partial charge in [-0.25, -0.2) is 0 Å². The number of allylic oxidation sites excluding steroid dienone is 4. The Hall–Kier alpha value is -0.820. The molecule has 0 radical (unpaired) electrons. The first-order valence-electron chi connectivity index (χ1n) is 8.87. The highest BCUT2D eigenvalue weighted by Gasteiger charge is 2.09. The van der Waals surface area contributed by atoms with Crippen molar-refractivity contribution in [1.82, 2.24) is 5.32 Å². The van der Waals surface area contributed by atoms with E-state index < -0.39 is 0 Å². The maximum absolute atomic E-state index is 4.20. The Labute approximate surface area is 132 Å². The molecule has 0 saturated carbocycles. The van der Waals surface area contributed by atoms with Gasteiger partial charge in [-0.15, -0.1) is 0 Å². The minimum Gasteiger partial charge on any atom is -0.314 e. The van der Waals surface area contributed by atoms with Crippen LogP contribution in [-0.2, 0) is 0 Å². The van der Waals surface area contributed by atoms with Crippen molar-refractivity contribution in [3.8, 4) is 0 Å². The fourth-order valence-electron chi connectivity index (χ4n) is 2.82. The maximum atomic E-state index is 4.20. The smallest absolute Gasteiger partial charge is 0.00362 e. The largest absolute Gasteiger partial charge is 0.314 e. The van der Waals surface area contributed by atoms with E-state index in [4.69, 9.17) is 0 Å². The van der Waals surface area contributed by atoms with E-state index in [9.17, 15) is 0 Å². The molecule has 0 amide bonds. The average Bonchev–Trinajstić information content (AvgIpc) is 2.68. The lowest BCUT2D eigenvalue weighted by atomic mass is 9.96. The predicted molar refractivity (Wildman–Crippen MR) is 95.6 cm³/mol. The summed E-state index contributed by atoms with van der Waals surface area (Å²) in [5.74, 6) is 0.870. The monoisotopic (exact) mass is 289 g/mol. The lowest BCUT2D eigenvalue weighted by Gasteiger charge is -2.11. The standard InChI is InChI=1S/C20H35N/c1-5-19(4)21-15-9-8-10-17(2)13-14-20-12-7-6-11-18(3)16-20/h8,10,12,18-19,21H,2,5-7,9,11,13-16H2,1,3-4H3/b10-8+/t18-,19-/m1/s1. The number of rotatable bonds is 9. The van der Waals surface area contributed by atoms with Crippen molar-refractivity contribution in [2.24, 2.45) is 5.92 Å². The van der Waals surface area contributed by atoms with Gasteiger partial charge in [-0.05, 0) is 64.3 Å². The van der Waals surface area contributed by atoms with Gasteiger partial charge in [0.05, 0.1) is 0 Å². The molecule has 0 heterocycles. The maximum Gasteiger partial charge on any atom is 0.00362 e. The van der Waals surface area contributed by atoms with Crippen molar-refractivity contribution in [2.45, 2.75) is 78.2 Å². The van der Waals surface area contributed by atoms with E-state index in [0.717, 1.165) is 25.3 Å². The molecule has 0 fully saturated rings. The van der Waals surface area contributed by atoms with Crippen LogP contribution >= 0.6 is 0 Å². The summed E-state index contributed by atoms with van der Waals surface area (Å²) in [5, 5.41) is 3.51. The van der Waals surface area contributed by atoms with E-state index >= 15 is 0 Å². The zero-order valence-corrected chi connectivity index (χ0v) is 14.5. The zero-order chi connectivity index (χ0) is 15.5. The molecule has 1 heteroatoms. The van der Waals surface area contributed by atoms with E-state index in [1.807, 2.05) is 0 Å². The van der Waals surface area contributed by atoms with Crippen LogP contribution in [0.15, 0.2) is 36.0 Å². The number of hydrogen-bond donors (Lipinski definition) is 1. The zero-order valence-electron chi connectivity index (χ0n) is 14.5. The van der Waals surface area contributed by atoms with Crippen molar-refractivity contribution < 1.29 is 0 Å². The molecule has 1 aliphatic rings. The molecule has 0 saturated heterocycles. The summed E-state index contributed by atoms with van der Waals surface area (Å²) >= 11 is 0. The van der Waals surface area contributed by atoms with Gasteiger partial charge < -0.3 is 5.32 Å². The lowest BCUT2D eigenvalue weighted by Crippen LogP contribution is -2.25. The van der Waals surface area contributed by atoms with Crippen molar-refractivity contribution in [3.63, 3.8) is 0 Å². The Bertz CT molecular complexity index is 351. The van der Waals surface area contributed by atoms with Crippen molar-refractivity contribution in [3.05, 3.63) is 36.0 Å². The summed E-state index contributed by atoms with van der Waals surface area (Å²) in [4.78, 5) is 0. The first kappa shape index (κ1) is 18.2. The van der Waals surface area contributed by atoms with E-state index in [2.05, 4.69) is 50.9 Å². The van der Waals surface area contributed by atoms with Gasteiger partial charge in [0.2, 0.25) is 0 Å². The van der Waals surface area contributed by atoms with Crippen molar-refractivity contribution in [2.75, 3.05) is 6.54 Å². The molecule has 0 aromatic carbocycles. The molecule has 1 nitrogen and oxygen atoms in total. The van der Waals surface area contributed by atoms with Crippen LogP contribution in [0.5, 0.6) is 0 Å². The van der Waals surface area contributed by atoms with Crippen LogP contribution in [-0.4, -0.2) is 12.6 Å². The van der Waals surface area contributed by atoms with Crippen molar-refractivity contribution in [1.29, 1.82) is 0 Å². The molecular weight excluding hydrogens is 254 g/mol. The quantitative estimate of drug-likeness (QED) is 0.321. The fraction of sp³-hybridized carbons (Fsp3) is 0.700. The molecule has 21 heavy (non-hydrogen) atoms. The molecule has 1 rings (SSSR count). The van der Waals surface area contributed by atoms with Gasteiger partial charge in [0.15, 0.2) is 0 Å². The Balaban J connectivity index is 2.17. The molecule has 0 bridgehead atoms. The Kier molecular flexibility index (Phi) is 9.41. The Morgan fingerprint density at radius 3 is 3.10 bits per heavy atom. The van der Waals surface area contributed by atoms with Gasteiger partial charge in [0, 0.05) is 6.04 Å². The third-order valence-electron chi connectivity index (χ3n) is 4.48. The molecule has 0 aromatic heterocycles. The van der Waals surface area contributed by atoms with Gasteiger partial charge >= 0.3 is 0 Å². The van der Waals surface area contributed by atoms with Crippen LogP contribution in [0.25, 0.3) is 0 Å². The van der Waals surface area contributed by atoms with Crippen LogP contribution in [0.4, 0.5) is 0 Å². The van der Waals surface area contributed by atoms with E-state index in [1.165, 1.54) is 44.1 Å². The highest BCUT2D eigenvalue weighted by atomic mass is 14.9. The van der Waals surface area contributed by atoms with Crippen molar-refractivity contribution >= 4 is 0 Å². The van der Waals surface area contributed by atoms with Crippen LogP contribution in [0.2, 0.25) is 0 Å². The first-order valence-corrected chi connectivity index (χ1v) is 8.87.